The molecular weight excluding hydrogens is 330 g/mol. The second kappa shape index (κ2) is 6.17. The highest BCUT2D eigenvalue weighted by Crippen LogP contribution is 2.33. The van der Waals surface area contributed by atoms with Crippen molar-refractivity contribution in [1.82, 2.24) is 14.6 Å². The molecular formula is C16H15N3O2S2. The van der Waals surface area contributed by atoms with Crippen molar-refractivity contribution in [3.05, 3.63) is 48.3 Å². The zero-order valence-corrected chi connectivity index (χ0v) is 14.4. The summed E-state index contributed by atoms with van der Waals surface area (Å²) < 4.78 is 27.1. The van der Waals surface area contributed by atoms with Gasteiger partial charge in [-0.2, -0.15) is 0 Å². The lowest BCUT2D eigenvalue weighted by Crippen LogP contribution is -1.96. The second-order valence-electron chi connectivity index (χ2n) is 5.14. The largest absolute Gasteiger partial charge is 0.261 e. The van der Waals surface area contributed by atoms with Crippen LogP contribution < -0.4 is 0 Å². The maximum absolute atomic E-state index is 11.5. The first-order valence-corrected chi connectivity index (χ1v) is 9.73. The van der Waals surface area contributed by atoms with E-state index in [0.717, 1.165) is 33.8 Å². The Morgan fingerprint density at radius 1 is 1.04 bits per heavy atom. The van der Waals surface area contributed by atoms with Gasteiger partial charge in [0.2, 0.25) is 0 Å². The summed E-state index contributed by atoms with van der Waals surface area (Å²) in [6.45, 7) is 2.06. The molecule has 1 aromatic carbocycles. The molecule has 0 aliphatic carbocycles. The summed E-state index contributed by atoms with van der Waals surface area (Å²) in [5.41, 5.74) is 3.58. The van der Waals surface area contributed by atoms with Crippen LogP contribution in [0.4, 0.5) is 0 Å². The predicted octanol–water partition coefficient (Wildman–Crippen LogP) is 3.23. The number of hydrogen-bond acceptors (Lipinski definition) is 6. The standard InChI is InChI=1S/C16H15N3O2S2/c1-3-13-7-4-12(10-17-13)15-16(22-19-18-15)11-5-8-14(9-6-11)23(2,20)21/h4-10H,3H2,1-2H3. The smallest absolute Gasteiger partial charge is 0.175 e. The van der Waals surface area contributed by atoms with Crippen LogP contribution in [0.25, 0.3) is 21.7 Å². The summed E-state index contributed by atoms with van der Waals surface area (Å²) in [5.74, 6) is 0. The highest BCUT2D eigenvalue weighted by atomic mass is 32.2. The minimum atomic E-state index is -3.20. The van der Waals surface area contributed by atoms with Crippen LogP contribution in [0.3, 0.4) is 0 Å². The lowest BCUT2D eigenvalue weighted by molar-refractivity contribution is 0.602. The van der Waals surface area contributed by atoms with Crippen molar-refractivity contribution in [2.45, 2.75) is 18.2 Å². The average Bonchev–Trinajstić information content (AvgIpc) is 3.04. The zero-order valence-electron chi connectivity index (χ0n) is 12.7. The molecule has 3 rings (SSSR count). The summed E-state index contributed by atoms with van der Waals surface area (Å²) in [4.78, 5) is 5.59. The molecule has 0 radical (unpaired) electrons. The van der Waals surface area contributed by atoms with Crippen LogP contribution in [-0.4, -0.2) is 29.2 Å². The Kier molecular flexibility index (Phi) is 4.23. The molecule has 0 bridgehead atoms. The molecule has 0 aliphatic rings. The van der Waals surface area contributed by atoms with E-state index in [4.69, 9.17) is 0 Å². The van der Waals surface area contributed by atoms with E-state index >= 15 is 0 Å². The molecule has 0 N–H and O–H groups in total. The Morgan fingerprint density at radius 2 is 1.74 bits per heavy atom. The van der Waals surface area contributed by atoms with E-state index in [9.17, 15) is 8.42 Å². The van der Waals surface area contributed by atoms with Crippen molar-refractivity contribution in [3.8, 4) is 21.7 Å². The van der Waals surface area contributed by atoms with E-state index in [1.165, 1.54) is 17.8 Å². The zero-order chi connectivity index (χ0) is 16.4. The SMILES string of the molecule is CCc1ccc(-c2nnsc2-c2ccc(S(C)(=O)=O)cc2)cn1. The minimum Gasteiger partial charge on any atom is -0.261 e. The van der Waals surface area contributed by atoms with Gasteiger partial charge in [0.15, 0.2) is 9.84 Å². The lowest BCUT2D eigenvalue weighted by Gasteiger charge is -2.04. The fraction of sp³-hybridized carbons (Fsp3) is 0.188. The van der Waals surface area contributed by atoms with Gasteiger partial charge in [-0.3, -0.25) is 4.98 Å². The van der Waals surface area contributed by atoms with Crippen LogP contribution >= 0.6 is 11.5 Å². The number of aryl methyl sites for hydroxylation is 1. The Balaban J connectivity index is 2.00. The van der Waals surface area contributed by atoms with Crippen LogP contribution in [0.1, 0.15) is 12.6 Å². The quantitative estimate of drug-likeness (QED) is 0.726. The molecule has 0 fully saturated rings. The lowest BCUT2D eigenvalue weighted by atomic mass is 10.1. The van der Waals surface area contributed by atoms with Crippen LogP contribution in [0.15, 0.2) is 47.5 Å². The Hall–Kier alpha value is -2.12. The number of rotatable bonds is 4. The van der Waals surface area contributed by atoms with Crippen LogP contribution in [0, 0.1) is 0 Å². The molecule has 118 valence electrons. The molecule has 23 heavy (non-hydrogen) atoms. The molecule has 2 heterocycles. The summed E-state index contributed by atoms with van der Waals surface area (Å²) in [6, 6.07) is 10.7. The number of aromatic nitrogens is 3. The fourth-order valence-electron chi connectivity index (χ4n) is 2.20. The Bertz CT molecular complexity index is 915. The molecule has 0 unspecified atom stereocenters. The molecule has 5 nitrogen and oxygen atoms in total. The van der Waals surface area contributed by atoms with Gasteiger partial charge in [0.1, 0.15) is 5.69 Å². The van der Waals surface area contributed by atoms with Gasteiger partial charge in [-0.25, -0.2) is 8.42 Å². The van der Waals surface area contributed by atoms with Crippen molar-refractivity contribution < 1.29 is 8.42 Å². The molecule has 3 aromatic rings. The number of sulfone groups is 1. The summed E-state index contributed by atoms with van der Waals surface area (Å²) in [7, 11) is -3.20. The van der Waals surface area contributed by atoms with Crippen molar-refractivity contribution >= 4 is 21.4 Å². The van der Waals surface area contributed by atoms with Crippen molar-refractivity contribution in [2.24, 2.45) is 0 Å². The van der Waals surface area contributed by atoms with E-state index in [-0.39, 0.29) is 0 Å². The van der Waals surface area contributed by atoms with Gasteiger partial charge in [0, 0.05) is 23.7 Å². The third kappa shape index (κ3) is 3.30. The molecule has 0 atom stereocenters. The van der Waals surface area contributed by atoms with Gasteiger partial charge >= 0.3 is 0 Å². The van der Waals surface area contributed by atoms with Crippen molar-refractivity contribution in [2.75, 3.05) is 6.26 Å². The normalized spacial score (nSPS) is 11.6. The third-order valence-corrected chi connectivity index (χ3v) is 5.40. The van der Waals surface area contributed by atoms with Gasteiger partial charge in [-0.15, -0.1) is 5.10 Å². The maximum Gasteiger partial charge on any atom is 0.175 e. The van der Waals surface area contributed by atoms with E-state index in [0.29, 0.717) is 4.90 Å². The summed E-state index contributed by atoms with van der Waals surface area (Å²) >= 11 is 1.28. The van der Waals surface area contributed by atoms with Crippen molar-refractivity contribution in [1.29, 1.82) is 0 Å². The molecule has 7 heteroatoms. The van der Waals surface area contributed by atoms with Gasteiger partial charge < -0.3 is 0 Å². The highest BCUT2D eigenvalue weighted by Gasteiger charge is 2.14. The predicted molar refractivity (Wildman–Crippen MR) is 91.1 cm³/mol. The van der Waals surface area contributed by atoms with Crippen LogP contribution in [-0.2, 0) is 16.3 Å². The van der Waals surface area contributed by atoms with E-state index < -0.39 is 9.84 Å². The second-order valence-corrected chi connectivity index (χ2v) is 7.91. The third-order valence-electron chi connectivity index (χ3n) is 3.49. The first kappa shape index (κ1) is 15.8. The number of nitrogens with zero attached hydrogens (tertiary/aromatic N) is 3. The number of hydrogen-bond donors (Lipinski definition) is 0. The maximum atomic E-state index is 11.5. The van der Waals surface area contributed by atoms with Gasteiger partial charge in [0.05, 0.1) is 9.77 Å². The van der Waals surface area contributed by atoms with Crippen molar-refractivity contribution in [3.63, 3.8) is 0 Å². The van der Waals surface area contributed by atoms with Gasteiger partial charge in [-0.05, 0) is 47.8 Å². The number of pyridine rings is 1. The molecule has 0 amide bonds. The fourth-order valence-corrected chi connectivity index (χ4v) is 3.52. The van der Waals surface area contributed by atoms with Crippen LogP contribution in [0.2, 0.25) is 0 Å². The Labute approximate surface area is 139 Å². The molecule has 0 saturated heterocycles. The van der Waals surface area contributed by atoms with E-state index in [1.54, 1.807) is 30.5 Å². The monoisotopic (exact) mass is 345 g/mol. The molecule has 0 aliphatic heterocycles. The Morgan fingerprint density at radius 3 is 2.30 bits per heavy atom. The first-order valence-electron chi connectivity index (χ1n) is 7.07. The van der Waals surface area contributed by atoms with Gasteiger partial charge in [0.25, 0.3) is 0 Å². The first-order chi connectivity index (χ1) is 11.0. The minimum absolute atomic E-state index is 0.300. The summed E-state index contributed by atoms with van der Waals surface area (Å²) in [6.07, 6.45) is 3.88. The van der Waals surface area contributed by atoms with E-state index in [2.05, 4.69) is 21.5 Å². The summed E-state index contributed by atoms with van der Waals surface area (Å²) in [5, 5.41) is 4.20. The van der Waals surface area contributed by atoms with E-state index in [1.807, 2.05) is 12.1 Å². The molecule has 0 saturated carbocycles. The highest BCUT2D eigenvalue weighted by molar-refractivity contribution is 7.90. The average molecular weight is 345 g/mol. The van der Waals surface area contributed by atoms with Crippen LogP contribution in [0.5, 0.6) is 0 Å². The molecule has 0 spiro atoms. The van der Waals surface area contributed by atoms with Gasteiger partial charge in [-0.1, -0.05) is 23.5 Å². The topological polar surface area (TPSA) is 72.8 Å². The number of benzene rings is 1. The molecule has 2 aromatic heterocycles.